The molecule has 1 aromatic carbocycles. The molecule has 7 heteroatoms. The van der Waals surface area contributed by atoms with E-state index in [1.54, 1.807) is 24.3 Å². The fraction of sp³-hybridized carbons (Fsp3) is 0.462. The number of nitrogens with zero attached hydrogens (tertiary/aromatic N) is 1. The third kappa shape index (κ3) is 5.55. The van der Waals surface area contributed by atoms with Crippen LogP contribution in [-0.4, -0.2) is 30.8 Å². The number of hydrogen-bond acceptors (Lipinski definition) is 5. The summed E-state index contributed by atoms with van der Waals surface area (Å²) in [4.78, 5) is 26.1. The third-order valence-corrected chi connectivity index (χ3v) is 2.40. The quantitative estimate of drug-likeness (QED) is 0.423. The van der Waals surface area contributed by atoms with E-state index in [9.17, 15) is 14.9 Å². The van der Waals surface area contributed by atoms with Crippen molar-refractivity contribution in [3.8, 4) is 5.75 Å². The highest BCUT2D eigenvalue weighted by atomic mass is 16.9. The van der Waals surface area contributed by atoms with Crippen molar-refractivity contribution in [2.75, 3.05) is 19.8 Å². The Labute approximate surface area is 117 Å². The van der Waals surface area contributed by atoms with Gasteiger partial charge in [-0.15, -0.1) is 10.1 Å². The molecule has 0 aliphatic heterocycles. The molecule has 0 bridgehead atoms. The van der Waals surface area contributed by atoms with E-state index in [2.05, 4.69) is 10.2 Å². The van der Waals surface area contributed by atoms with Crippen LogP contribution in [0.2, 0.25) is 0 Å². The smallest absolute Gasteiger partial charge is 0.294 e. The van der Waals surface area contributed by atoms with Crippen LogP contribution < -0.4 is 10.1 Å². The molecule has 0 saturated carbocycles. The Bertz CT molecular complexity index is 450. The molecular weight excluding hydrogens is 264 g/mol. The Hall–Kier alpha value is -2.31. The summed E-state index contributed by atoms with van der Waals surface area (Å²) in [5.74, 6) is 0.270. The monoisotopic (exact) mass is 282 g/mol. The van der Waals surface area contributed by atoms with Gasteiger partial charge in [0.25, 0.3) is 11.0 Å². The molecule has 0 fully saturated rings. The first-order valence-corrected chi connectivity index (χ1v) is 6.42. The summed E-state index contributed by atoms with van der Waals surface area (Å²) in [6.45, 7) is 2.79. The Balaban J connectivity index is 2.44. The van der Waals surface area contributed by atoms with E-state index < -0.39 is 5.09 Å². The summed E-state index contributed by atoms with van der Waals surface area (Å²) in [5, 5.41) is 11.8. The lowest BCUT2D eigenvalue weighted by Gasteiger charge is -2.10. The fourth-order valence-electron chi connectivity index (χ4n) is 1.50. The van der Waals surface area contributed by atoms with E-state index in [4.69, 9.17) is 4.74 Å². The Morgan fingerprint density at radius 2 is 2.10 bits per heavy atom. The van der Waals surface area contributed by atoms with E-state index in [1.807, 2.05) is 6.92 Å². The average molecular weight is 282 g/mol. The van der Waals surface area contributed by atoms with Crippen molar-refractivity contribution >= 4 is 5.91 Å². The minimum atomic E-state index is -0.851. The number of carbonyl (C=O) groups is 1. The van der Waals surface area contributed by atoms with Crippen LogP contribution in [-0.2, 0) is 4.84 Å². The number of para-hydroxylation sites is 1. The van der Waals surface area contributed by atoms with E-state index in [-0.39, 0.29) is 12.5 Å². The lowest BCUT2D eigenvalue weighted by atomic mass is 10.2. The number of nitrogens with one attached hydrogen (secondary N) is 1. The van der Waals surface area contributed by atoms with E-state index in [0.29, 0.717) is 30.9 Å². The predicted molar refractivity (Wildman–Crippen MR) is 72.1 cm³/mol. The van der Waals surface area contributed by atoms with Crippen molar-refractivity contribution in [3.05, 3.63) is 39.9 Å². The average Bonchev–Trinajstić information content (AvgIpc) is 2.44. The van der Waals surface area contributed by atoms with Gasteiger partial charge in [-0.1, -0.05) is 19.1 Å². The maximum Gasteiger partial charge on any atom is 0.294 e. The molecule has 1 aromatic rings. The topological polar surface area (TPSA) is 90.7 Å². The second-order valence-corrected chi connectivity index (χ2v) is 4.01. The number of ether oxygens (including phenoxy) is 1. The van der Waals surface area contributed by atoms with Crippen molar-refractivity contribution in [2.24, 2.45) is 0 Å². The van der Waals surface area contributed by atoms with Gasteiger partial charge in [-0.25, -0.2) is 0 Å². The molecule has 0 heterocycles. The number of rotatable bonds is 9. The summed E-state index contributed by atoms with van der Waals surface area (Å²) in [5.41, 5.74) is 0.455. The van der Waals surface area contributed by atoms with Gasteiger partial charge in [-0.05, 0) is 25.0 Å². The number of hydrogen-bond donors (Lipinski definition) is 1. The summed E-state index contributed by atoms with van der Waals surface area (Å²) < 4.78 is 5.49. The molecule has 110 valence electrons. The minimum Gasteiger partial charge on any atom is -0.493 e. The van der Waals surface area contributed by atoms with Crippen LogP contribution in [0.5, 0.6) is 5.75 Å². The summed E-state index contributed by atoms with van der Waals surface area (Å²) in [6, 6.07) is 6.96. The summed E-state index contributed by atoms with van der Waals surface area (Å²) in [6.07, 6.45) is 1.22. The molecule has 0 saturated heterocycles. The second-order valence-electron chi connectivity index (χ2n) is 4.01. The van der Waals surface area contributed by atoms with Gasteiger partial charge in [-0.2, -0.15) is 0 Å². The van der Waals surface area contributed by atoms with Gasteiger partial charge >= 0.3 is 0 Å². The highest BCUT2D eigenvalue weighted by Gasteiger charge is 2.11. The molecule has 0 aliphatic rings. The molecule has 0 atom stereocenters. The van der Waals surface area contributed by atoms with Crippen molar-refractivity contribution < 1.29 is 19.5 Å². The van der Waals surface area contributed by atoms with Crippen molar-refractivity contribution in [2.45, 2.75) is 19.8 Å². The predicted octanol–water partition coefficient (Wildman–Crippen LogP) is 1.80. The number of benzene rings is 1. The molecule has 0 spiro atoms. The van der Waals surface area contributed by atoms with Crippen LogP contribution in [0.4, 0.5) is 0 Å². The van der Waals surface area contributed by atoms with Crippen molar-refractivity contribution in [3.63, 3.8) is 0 Å². The van der Waals surface area contributed by atoms with Crippen molar-refractivity contribution in [1.82, 2.24) is 5.32 Å². The molecule has 1 amide bonds. The highest BCUT2D eigenvalue weighted by molar-refractivity contribution is 5.96. The fourth-order valence-corrected chi connectivity index (χ4v) is 1.50. The zero-order valence-corrected chi connectivity index (χ0v) is 11.3. The lowest BCUT2D eigenvalue weighted by Crippen LogP contribution is -2.26. The molecule has 7 nitrogen and oxygen atoms in total. The van der Waals surface area contributed by atoms with Crippen LogP contribution in [0.25, 0.3) is 0 Å². The summed E-state index contributed by atoms with van der Waals surface area (Å²) >= 11 is 0. The standard InChI is InChI=1S/C13H18N2O5/c1-2-9-19-12-7-4-3-6-11(12)13(16)14-8-5-10-20-15(17)18/h3-4,6-7H,2,5,8-10H2,1H3,(H,14,16). The van der Waals surface area contributed by atoms with Crippen LogP contribution in [0, 0.1) is 10.1 Å². The largest absolute Gasteiger partial charge is 0.493 e. The van der Waals surface area contributed by atoms with Crippen LogP contribution in [0.3, 0.4) is 0 Å². The van der Waals surface area contributed by atoms with Gasteiger partial charge in [0, 0.05) is 6.54 Å². The normalized spacial score (nSPS) is 9.85. The maximum absolute atomic E-state index is 12.0. The zero-order valence-electron chi connectivity index (χ0n) is 11.3. The van der Waals surface area contributed by atoms with Crippen LogP contribution >= 0.6 is 0 Å². The molecule has 0 unspecified atom stereocenters. The Kier molecular flexibility index (Phi) is 6.88. The molecule has 0 radical (unpaired) electrons. The van der Waals surface area contributed by atoms with Gasteiger partial charge < -0.3 is 14.9 Å². The first-order valence-electron chi connectivity index (χ1n) is 6.42. The minimum absolute atomic E-state index is 0.0404. The molecule has 1 N–H and O–H groups in total. The Morgan fingerprint density at radius 3 is 2.80 bits per heavy atom. The second kappa shape index (κ2) is 8.73. The van der Waals surface area contributed by atoms with Gasteiger partial charge in [0.15, 0.2) is 0 Å². The SMILES string of the molecule is CCCOc1ccccc1C(=O)NCCCO[N+](=O)[O-]. The number of carbonyl (C=O) groups excluding carboxylic acids is 1. The van der Waals surface area contributed by atoms with Gasteiger partial charge in [-0.3, -0.25) is 4.79 Å². The molecule has 20 heavy (non-hydrogen) atoms. The van der Waals surface area contributed by atoms with E-state index in [1.165, 1.54) is 0 Å². The first-order chi connectivity index (χ1) is 9.65. The molecule has 0 aromatic heterocycles. The zero-order chi connectivity index (χ0) is 14.8. The molecule has 1 rings (SSSR count). The number of amides is 1. The lowest BCUT2D eigenvalue weighted by molar-refractivity contribution is -0.757. The summed E-state index contributed by atoms with van der Waals surface area (Å²) in [7, 11) is 0. The van der Waals surface area contributed by atoms with Crippen molar-refractivity contribution in [1.29, 1.82) is 0 Å². The molecular formula is C13H18N2O5. The van der Waals surface area contributed by atoms with E-state index in [0.717, 1.165) is 6.42 Å². The van der Waals surface area contributed by atoms with Crippen LogP contribution in [0.1, 0.15) is 30.1 Å². The molecule has 0 aliphatic carbocycles. The highest BCUT2D eigenvalue weighted by Crippen LogP contribution is 2.17. The van der Waals surface area contributed by atoms with Crippen LogP contribution in [0.15, 0.2) is 24.3 Å². The van der Waals surface area contributed by atoms with Gasteiger partial charge in [0.2, 0.25) is 0 Å². The van der Waals surface area contributed by atoms with Gasteiger partial charge in [0.1, 0.15) is 5.75 Å². The third-order valence-electron chi connectivity index (χ3n) is 2.40. The Morgan fingerprint density at radius 1 is 1.35 bits per heavy atom. The first kappa shape index (κ1) is 15.7. The van der Waals surface area contributed by atoms with Gasteiger partial charge in [0.05, 0.1) is 18.8 Å². The maximum atomic E-state index is 12.0. The van der Waals surface area contributed by atoms with E-state index >= 15 is 0 Å².